The Hall–Kier alpha value is -2.21. The molecule has 0 saturated carbocycles. The van der Waals surface area contributed by atoms with Crippen LogP contribution in [0.2, 0.25) is 0 Å². The quantitative estimate of drug-likeness (QED) is 0.281. The van der Waals surface area contributed by atoms with E-state index in [1.54, 1.807) is 36.0 Å². The molecule has 0 aliphatic heterocycles. The summed E-state index contributed by atoms with van der Waals surface area (Å²) in [6, 6.07) is 26.7. The predicted molar refractivity (Wildman–Crippen MR) is 127 cm³/mol. The van der Waals surface area contributed by atoms with E-state index in [0.29, 0.717) is 0 Å². The molecule has 0 radical (unpaired) electrons. The van der Waals surface area contributed by atoms with Crippen LogP contribution in [0, 0.1) is 0 Å². The number of halogens is 2. The Balaban J connectivity index is 1.82. The van der Waals surface area contributed by atoms with Crippen LogP contribution in [0.5, 0.6) is 11.5 Å². The van der Waals surface area contributed by atoms with Gasteiger partial charge < -0.3 is 10.2 Å². The van der Waals surface area contributed by atoms with E-state index >= 15 is 0 Å². The summed E-state index contributed by atoms with van der Waals surface area (Å²) in [5.41, 5.74) is 4.21. The van der Waals surface area contributed by atoms with Crippen LogP contribution in [0.3, 0.4) is 0 Å². The third-order valence-electron chi connectivity index (χ3n) is 4.48. The van der Waals surface area contributed by atoms with Crippen molar-refractivity contribution in [2.75, 3.05) is 0 Å². The van der Waals surface area contributed by atoms with E-state index in [2.05, 4.69) is 44.0 Å². The fourth-order valence-electron chi connectivity index (χ4n) is 3.11. The van der Waals surface area contributed by atoms with Crippen LogP contribution < -0.4 is 0 Å². The molecule has 4 rings (SSSR count). The molecule has 144 valence electrons. The first-order valence-electron chi connectivity index (χ1n) is 8.86. The van der Waals surface area contributed by atoms with E-state index < -0.39 is 0 Å². The minimum Gasteiger partial charge on any atom is -0.508 e. The number of hydrogen-bond acceptors (Lipinski definition) is 3. The molecule has 2 N–H and O–H groups in total. The summed E-state index contributed by atoms with van der Waals surface area (Å²) in [6.45, 7) is 0. The highest BCUT2D eigenvalue weighted by molar-refractivity contribution is 9.11. The molecule has 0 aliphatic rings. The van der Waals surface area contributed by atoms with Crippen LogP contribution >= 0.6 is 43.6 Å². The van der Waals surface area contributed by atoms with Gasteiger partial charge in [0.1, 0.15) is 11.5 Å². The van der Waals surface area contributed by atoms with Gasteiger partial charge in [-0.3, -0.25) is 0 Å². The molecule has 0 spiro atoms. The number of aromatic hydroxyl groups is 2. The van der Waals surface area contributed by atoms with E-state index in [1.807, 2.05) is 48.5 Å². The van der Waals surface area contributed by atoms with E-state index in [1.165, 1.54) is 0 Å². The lowest BCUT2D eigenvalue weighted by molar-refractivity contribution is 0.475. The second kappa shape index (κ2) is 8.66. The van der Waals surface area contributed by atoms with Crippen molar-refractivity contribution in [1.29, 1.82) is 0 Å². The zero-order chi connectivity index (χ0) is 20.4. The van der Waals surface area contributed by atoms with Gasteiger partial charge in [0.05, 0.1) is 0 Å². The molecular formula is C24H16Br2O2S. The average molecular weight is 528 g/mol. The predicted octanol–water partition coefficient (Wildman–Crippen LogP) is 8.11. The van der Waals surface area contributed by atoms with Crippen LogP contribution in [0.1, 0.15) is 0 Å². The molecule has 0 atom stereocenters. The highest BCUT2D eigenvalue weighted by atomic mass is 79.9. The van der Waals surface area contributed by atoms with E-state index in [4.69, 9.17) is 0 Å². The molecule has 0 unspecified atom stereocenters. The van der Waals surface area contributed by atoms with Crippen molar-refractivity contribution in [2.24, 2.45) is 0 Å². The molecule has 29 heavy (non-hydrogen) atoms. The maximum absolute atomic E-state index is 9.65. The summed E-state index contributed by atoms with van der Waals surface area (Å²) in [5.74, 6) is 0.494. The van der Waals surface area contributed by atoms with Gasteiger partial charge >= 0.3 is 0 Å². The summed E-state index contributed by atoms with van der Waals surface area (Å²) < 4.78 is 1.99. The van der Waals surface area contributed by atoms with Crippen molar-refractivity contribution in [3.05, 3.63) is 93.9 Å². The van der Waals surface area contributed by atoms with Crippen LogP contribution in [0.4, 0.5) is 0 Å². The summed E-state index contributed by atoms with van der Waals surface area (Å²) in [4.78, 5) is 2.20. The number of phenols is 2. The molecule has 0 saturated heterocycles. The van der Waals surface area contributed by atoms with Crippen molar-refractivity contribution in [1.82, 2.24) is 0 Å². The highest BCUT2D eigenvalue weighted by Gasteiger charge is 2.15. The van der Waals surface area contributed by atoms with Crippen LogP contribution in [-0.4, -0.2) is 10.2 Å². The minimum atomic E-state index is 0.247. The second-order valence-corrected chi connectivity index (χ2v) is 9.21. The molecule has 0 aliphatic carbocycles. The van der Waals surface area contributed by atoms with Gasteiger partial charge in [-0.25, -0.2) is 0 Å². The van der Waals surface area contributed by atoms with Crippen LogP contribution in [0.25, 0.3) is 22.3 Å². The lowest BCUT2D eigenvalue weighted by atomic mass is 10.1. The van der Waals surface area contributed by atoms with Crippen molar-refractivity contribution >= 4 is 43.6 Å². The molecule has 0 heterocycles. The zero-order valence-corrected chi connectivity index (χ0v) is 19.1. The fraction of sp³-hybridized carbons (Fsp3) is 0. The Morgan fingerprint density at radius 1 is 0.517 bits per heavy atom. The standard InChI is InChI=1S/C24H16Br2O2S/c25-19-3-1-5-21(23(19)15-7-11-17(27)12-8-15)29-22-6-2-4-20(26)24(22)16-9-13-18(28)14-10-16/h1-14,27-28H. The topological polar surface area (TPSA) is 40.5 Å². The van der Waals surface area contributed by atoms with Gasteiger partial charge in [-0.15, -0.1) is 0 Å². The maximum Gasteiger partial charge on any atom is 0.115 e. The summed E-state index contributed by atoms with van der Waals surface area (Å²) in [7, 11) is 0. The molecule has 4 aromatic rings. The molecule has 0 amide bonds. The van der Waals surface area contributed by atoms with Crippen molar-refractivity contribution in [2.45, 2.75) is 9.79 Å². The Morgan fingerprint density at radius 2 is 0.897 bits per heavy atom. The van der Waals surface area contributed by atoms with E-state index in [9.17, 15) is 10.2 Å². The van der Waals surface area contributed by atoms with Crippen molar-refractivity contribution in [3.8, 4) is 33.8 Å². The van der Waals surface area contributed by atoms with Gasteiger partial charge in [0.15, 0.2) is 0 Å². The Morgan fingerprint density at radius 3 is 1.28 bits per heavy atom. The Labute approximate surface area is 190 Å². The summed E-state index contributed by atoms with van der Waals surface area (Å²) in [6.07, 6.45) is 0. The Bertz CT molecular complexity index is 1060. The van der Waals surface area contributed by atoms with Gasteiger partial charge in [-0.1, -0.05) is 80.0 Å². The third kappa shape index (κ3) is 4.37. The normalized spacial score (nSPS) is 10.8. The fourth-order valence-corrected chi connectivity index (χ4v) is 5.76. The van der Waals surface area contributed by atoms with Crippen LogP contribution in [0.15, 0.2) is 104 Å². The molecule has 0 fully saturated rings. The lowest BCUT2D eigenvalue weighted by Gasteiger charge is -2.15. The highest BCUT2D eigenvalue weighted by Crippen LogP contribution is 2.45. The SMILES string of the molecule is Oc1ccc(-c2c(Br)cccc2Sc2cccc(Br)c2-c2ccc(O)cc2)cc1. The summed E-state index contributed by atoms with van der Waals surface area (Å²) in [5, 5.41) is 19.3. The van der Waals surface area contributed by atoms with Gasteiger partial charge in [-0.05, 0) is 59.7 Å². The second-order valence-electron chi connectivity index (χ2n) is 6.42. The first-order valence-corrected chi connectivity index (χ1v) is 11.3. The molecular weight excluding hydrogens is 512 g/mol. The van der Waals surface area contributed by atoms with E-state index in [0.717, 1.165) is 41.0 Å². The number of rotatable bonds is 4. The smallest absolute Gasteiger partial charge is 0.115 e. The minimum absolute atomic E-state index is 0.247. The van der Waals surface area contributed by atoms with Crippen molar-refractivity contribution < 1.29 is 10.2 Å². The molecule has 4 aromatic carbocycles. The molecule has 5 heteroatoms. The Kier molecular flexibility index (Phi) is 5.99. The molecule has 2 nitrogen and oxygen atoms in total. The monoisotopic (exact) mass is 526 g/mol. The van der Waals surface area contributed by atoms with Gasteiger partial charge in [0.2, 0.25) is 0 Å². The van der Waals surface area contributed by atoms with Crippen LogP contribution in [-0.2, 0) is 0 Å². The number of phenolic OH excluding ortho intramolecular Hbond substituents is 2. The van der Waals surface area contributed by atoms with E-state index in [-0.39, 0.29) is 11.5 Å². The third-order valence-corrected chi connectivity index (χ3v) is 6.92. The van der Waals surface area contributed by atoms with Crippen molar-refractivity contribution in [3.63, 3.8) is 0 Å². The zero-order valence-electron chi connectivity index (χ0n) is 15.1. The first kappa shape index (κ1) is 20.1. The first-order chi connectivity index (χ1) is 14.0. The average Bonchev–Trinajstić information content (AvgIpc) is 2.70. The summed E-state index contributed by atoms with van der Waals surface area (Å²) >= 11 is 9.06. The number of benzene rings is 4. The van der Waals surface area contributed by atoms with Gasteiger partial charge in [-0.2, -0.15) is 0 Å². The number of hydrogen-bond donors (Lipinski definition) is 2. The largest absolute Gasteiger partial charge is 0.508 e. The van der Waals surface area contributed by atoms with Gasteiger partial charge in [0.25, 0.3) is 0 Å². The van der Waals surface area contributed by atoms with Gasteiger partial charge in [0, 0.05) is 29.9 Å². The lowest BCUT2D eigenvalue weighted by Crippen LogP contribution is -1.88. The maximum atomic E-state index is 9.65. The molecule has 0 bridgehead atoms. The molecule has 0 aromatic heterocycles.